The van der Waals surface area contributed by atoms with Crippen LogP contribution >= 0.6 is 11.3 Å². The molecule has 3 rings (SSSR count). The quantitative estimate of drug-likeness (QED) is 0.757. The average molecular weight is 326 g/mol. The molecule has 23 heavy (non-hydrogen) atoms. The molecule has 0 spiro atoms. The first-order chi connectivity index (χ1) is 11.2. The third-order valence-corrected chi connectivity index (χ3v) is 4.62. The molecule has 1 N–H and O–H groups in total. The van der Waals surface area contributed by atoms with Crippen LogP contribution in [0, 0.1) is 0 Å². The number of benzene rings is 2. The van der Waals surface area contributed by atoms with Gasteiger partial charge in [-0.15, -0.1) is 11.3 Å². The van der Waals surface area contributed by atoms with Crippen molar-refractivity contribution in [1.29, 1.82) is 0 Å². The van der Waals surface area contributed by atoms with E-state index in [0.717, 1.165) is 28.3 Å². The second-order valence-corrected chi connectivity index (χ2v) is 6.32. The van der Waals surface area contributed by atoms with Crippen LogP contribution in [0.2, 0.25) is 0 Å². The van der Waals surface area contributed by atoms with Crippen molar-refractivity contribution in [2.24, 2.45) is 0 Å². The van der Waals surface area contributed by atoms with Crippen LogP contribution in [0.4, 0.5) is 0 Å². The molecule has 0 aliphatic carbocycles. The van der Waals surface area contributed by atoms with Gasteiger partial charge in [0.25, 0.3) is 0 Å². The summed E-state index contributed by atoms with van der Waals surface area (Å²) in [7, 11) is 1.63. The van der Waals surface area contributed by atoms with Gasteiger partial charge in [-0.2, -0.15) is 0 Å². The van der Waals surface area contributed by atoms with Gasteiger partial charge in [-0.05, 0) is 29.8 Å². The molecule has 5 heteroatoms. The average Bonchev–Trinajstić information content (AvgIpc) is 2.98. The predicted octanol–water partition coefficient (Wildman–Crippen LogP) is 3.21. The highest BCUT2D eigenvalue weighted by Crippen LogP contribution is 2.21. The van der Waals surface area contributed by atoms with Crippen LogP contribution in [0.3, 0.4) is 0 Å². The molecule has 0 atom stereocenters. The number of aromatic nitrogens is 1. The first-order valence-corrected chi connectivity index (χ1v) is 8.30. The number of hydrogen-bond donors (Lipinski definition) is 1. The van der Waals surface area contributed by atoms with E-state index < -0.39 is 0 Å². The van der Waals surface area contributed by atoms with Gasteiger partial charge in [0, 0.05) is 13.0 Å². The van der Waals surface area contributed by atoms with E-state index in [-0.39, 0.29) is 5.91 Å². The van der Waals surface area contributed by atoms with Gasteiger partial charge in [0.2, 0.25) is 5.91 Å². The number of nitrogens with zero attached hydrogens (tertiary/aromatic N) is 1. The summed E-state index contributed by atoms with van der Waals surface area (Å²) in [6.07, 6.45) is 1.14. The van der Waals surface area contributed by atoms with E-state index >= 15 is 0 Å². The van der Waals surface area contributed by atoms with Crippen molar-refractivity contribution < 1.29 is 9.53 Å². The van der Waals surface area contributed by atoms with Crippen molar-refractivity contribution in [3.05, 3.63) is 59.1 Å². The molecule has 0 saturated carbocycles. The van der Waals surface area contributed by atoms with E-state index in [1.807, 2.05) is 42.5 Å². The first kappa shape index (κ1) is 15.5. The number of ether oxygens (including phenoxy) is 1. The maximum absolute atomic E-state index is 12.0. The highest BCUT2D eigenvalue weighted by molar-refractivity contribution is 7.18. The van der Waals surface area contributed by atoms with E-state index in [2.05, 4.69) is 16.4 Å². The summed E-state index contributed by atoms with van der Waals surface area (Å²) in [4.78, 5) is 16.5. The van der Waals surface area contributed by atoms with Gasteiger partial charge >= 0.3 is 0 Å². The van der Waals surface area contributed by atoms with Crippen molar-refractivity contribution in [2.45, 2.75) is 12.8 Å². The third-order valence-electron chi connectivity index (χ3n) is 3.52. The van der Waals surface area contributed by atoms with Crippen molar-refractivity contribution >= 4 is 27.5 Å². The molecule has 118 valence electrons. The molecule has 1 heterocycles. The van der Waals surface area contributed by atoms with Gasteiger partial charge in [-0.1, -0.05) is 24.3 Å². The summed E-state index contributed by atoms with van der Waals surface area (Å²) in [6.45, 7) is 0.606. The van der Waals surface area contributed by atoms with E-state index in [0.29, 0.717) is 13.0 Å². The standard InChI is InChI=1S/C18H18N2O2S/c1-22-14-8-6-13(7-9-14)12-17(21)19-11-10-18-20-15-4-2-3-5-16(15)23-18/h2-9H,10-12H2,1H3,(H,19,21). The molecule has 0 radical (unpaired) electrons. The summed E-state index contributed by atoms with van der Waals surface area (Å²) in [5.74, 6) is 0.821. The Morgan fingerprint density at radius 2 is 1.96 bits per heavy atom. The summed E-state index contributed by atoms with van der Waals surface area (Å²) in [5.41, 5.74) is 2.00. The van der Waals surface area contributed by atoms with Gasteiger partial charge in [-0.3, -0.25) is 4.79 Å². The Balaban J connectivity index is 1.48. The normalized spacial score (nSPS) is 10.7. The Labute approximate surface area is 139 Å². The lowest BCUT2D eigenvalue weighted by molar-refractivity contribution is -0.120. The molecule has 0 bridgehead atoms. The molecule has 0 aliphatic rings. The predicted molar refractivity (Wildman–Crippen MR) is 93.0 cm³/mol. The van der Waals surface area contributed by atoms with E-state index in [1.54, 1.807) is 18.4 Å². The highest BCUT2D eigenvalue weighted by atomic mass is 32.1. The monoisotopic (exact) mass is 326 g/mol. The van der Waals surface area contributed by atoms with Gasteiger partial charge in [-0.25, -0.2) is 4.98 Å². The Morgan fingerprint density at radius 3 is 2.70 bits per heavy atom. The van der Waals surface area contributed by atoms with Gasteiger partial charge in [0.15, 0.2) is 0 Å². The number of fused-ring (bicyclic) bond motifs is 1. The fourth-order valence-electron chi connectivity index (χ4n) is 2.33. The van der Waals surface area contributed by atoms with Crippen LogP contribution in [0.15, 0.2) is 48.5 Å². The topological polar surface area (TPSA) is 51.2 Å². The maximum atomic E-state index is 12.0. The lowest BCUT2D eigenvalue weighted by Crippen LogP contribution is -2.27. The SMILES string of the molecule is COc1ccc(CC(=O)NCCc2nc3ccccc3s2)cc1. The van der Waals surface area contributed by atoms with Gasteiger partial charge in [0.05, 0.1) is 28.8 Å². The molecule has 1 amide bonds. The maximum Gasteiger partial charge on any atom is 0.224 e. The first-order valence-electron chi connectivity index (χ1n) is 7.48. The van der Waals surface area contributed by atoms with Crippen LogP contribution in [-0.2, 0) is 17.6 Å². The zero-order valence-electron chi connectivity index (χ0n) is 12.9. The molecule has 4 nitrogen and oxygen atoms in total. The summed E-state index contributed by atoms with van der Waals surface area (Å²) >= 11 is 1.68. The van der Waals surface area contributed by atoms with E-state index in [4.69, 9.17) is 4.74 Å². The summed E-state index contributed by atoms with van der Waals surface area (Å²) in [6, 6.07) is 15.6. The summed E-state index contributed by atoms with van der Waals surface area (Å²) < 4.78 is 6.29. The van der Waals surface area contributed by atoms with Crippen molar-refractivity contribution in [3.63, 3.8) is 0 Å². The molecule has 0 fully saturated rings. The lowest BCUT2D eigenvalue weighted by Gasteiger charge is -2.05. The number of thiazole rings is 1. The zero-order chi connectivity index (χ0) is 16.1. The molecule has 0 unspecified atom stereocenters. The number of carbonyl (C=O) groups excluding carboxylic acids is 1. The minimum atomic E-state index is 0.0243. The number of amides is 1. The van der Waals surface area contributed by atoms with E-state index in [9.17, 15) is 4.79 Å². The molecular weight excluding hydrogens is 308 g/mol. The molecule has 0 aliphatic heterocycles. The van der Waals surface area contributed by atoms with Crippen LogP contribution in [0.1, 0.15) is 10.6 Å². The smallest absolute Gasteiger partial charge is 0.224 e. The second-order valence-electron chi connectivity index (χ2n) is 5.20. The number of methoxy groups -OCH3 is 1. The molecule has 0 saturated heterocycles. The Hall–Kier alpha value is -2.40. The number of hydrogen-bond acceptors (Lipinski definition) is 4. The fourth-order valence-corrected chi connectivity index (χ4v) is 3.29. The summed E-state index contributed by atoms with van der Waals surface area (Å²) in [5, 5.41) is 4.00. The van der Waals surface area contributed by atoms with Crippen molar-refractivity contribution in [1.82, 2.24) is 10.3 Å². The largest absolute Gasteiger partial charge is 0.497 e. The highest BCUT2D eigenvalue weighted by Gasteiger charge is 2.06. The lowest BCUT2D eigenvalue weighted by atomic mass is 10.1. The van der Waals surface area contributed by atoms with Crippen molar-refractivity contribution in [3.8, 4) is 5.75 Å². The molecule has 1 aromatic heterocycles. The van der Waals surface area contributed by atoms with Crippen molar-refractivity contribution in [2.75, 3.05) is 13.7 Å². The molecular formula is C18H18N2O2S. The second kappa shape index (κ2) is 7.24. The number of para-hydroxylation sites is 1. The Bertz CT molecular complexity index is 763. The minimum Gasteiger partial charge on any atom is -0.497 e. The zero-order valence-corrected chi connectivity index (χ0v) is 13.7. The van der Waals surface area contributed by atoms with Crippen LogP contribution in [0.5, 0.6) is 5.75 Å². The minimum absolute atomic E-state index is 0.0243. The number of carbonyl (C=O) groups is 1. The van der Waals surface area contributed by atoms with E-state index in [1.165, 1.54) is 4.70 Å². The Morgan fingerprint density at radius 1 is 1.17 bits per heavy atom. The number of rotatable bonds is 6. The fraction of sp³-hybridized carbons (Fsp3) is 0.222. The molecule has 2 aromatic carbocycles. The van der Waals surface area contributed by atoms with Gasteiger partial charge < -0.3 is 10.1 Å². The third kappa shape index (κ3) is 4.07. The van der Waals surface area contributed by atoms with Crippen LogP contribution in [0.25, 0.3) is 10.2 Å². The van der Waals surface area contributed by atoms with Gasteiger partial charge in [0.1, 0.15) is 5.75 Å². The Kier molecular flexibility index (Phi) is 4.88. The van der Waals surface area contributed by atoms with Crippen LogP contribution in [-0.4, -0.2) is 24.5 Å². The molecule has 3 aromatic rings. The van der Waals surface area contributed by atoms with Crippen LogP contribution < -0.4 is 10.1 Å². The number of nitrogens with one attached hydrogen (secondary N) is 1.